The van der Waals surface area contributed by atoms with E-state index in [0.29, 0.717) is 6.04 Å². The van der Waals surface area contributed by atoms with Gasteiger partial charge in [0.05, 0.1) is 29.9 Å². The lowest BCUT2D eigenvalue weighted by Gasteiger charge is -2.19. The second-order valence-corrected chi connectivity index (χ2v) is 6.21. The monoisotopic (exact) mass is 336 g/mol. The molecular formula is C15H21BrN4. The molecule has 0 unspecified atom stereocenters. The number of aromatic nitrogens is 2. The predicted octanol–water partition coefficient (Wildman–Crippen LogP) is 3.90. The van der Waals surface area contributed by atoms with Crippen molar-refractivity contribution in [3.8, 4) is 0 Å². The van der Waals surface area contributed by atoms with Gasteiger partial charge in [-0.25, -0.2) is 4.98 Å². The standard InChI is InChI=1S/C15H21BrN4/c1-11(2)20-10-17-8-13(20)9-18-14-7-12(16)5-6-15(14)19(3)4/h5-8,10-11,18H,9H2,1-4H3. The lowest BCUT2D eigenvalue weighted by atomic mass is 10.2. The van der Waals surface area contributed by atoms with Gasteiger partial charge in [-0.05, 0) is 32.0 Å². The normalized spacial score (nSPS) is 10.9. The Kier molecular flexibility index (Phi) is 4.70. The third-order valence-electron chi connectivity index (χ3n) is 3.20. The van der Waals surface area contributed by atoms with Crippen LogP contribution in [0.25, 0.3) is 0 Å². The van der Waals surface area contributed by atoms with E-state index in [2.05, 4.69) is 67.7 Å². The highest BCUT2D eigenvalue weighted by Crippen LogP contribution is 2.28. The molecule has 2 rings (SSSR count). The third-order valence-corrected chi connectivity index (χ3v) is 3.70. The zero-order valence-corrected chi connectivity index (χ0v) is 14.0. The van der Waals surface area contributed by atoms with Crippen LogP contribution >= 0.6 is 15.9 Å². The van der Waals surface area contributed by atoms with E-state index in [-0.39, 0.29) is 0 Å². The van der Waals surface area contributed by atoms with Crippen LogP contribution in [0, 0.1) is 0 Å². The van der Waals surface area contributed by atoms with E-state index < -0.39 is 0 Å². The van der Waals surface area contributed by atoms with Crippen LogP contribution in [0.4, 0.5) is 11.4 Å². The lowest BCUT2D eigenvalue weighted by Crippen LogP contribution is -2.13. The minimum atomic E-state index is 0.421. The number of nitrogens with zero attached hydrogens (tertiary/aromatic N) is 3. The minimum Gasteiger partial charge on any atom is -0.378 e. The number of imidazole rings is 1. The summed E-state index contributed by atoms with van der Waals surface area (Å²) in [4.78, 5) is 6.34. The summed E-state index contributed by atoms with van der Waals surface area (Å²) in [5, 5.41) is 3.50. The quantitative estimate of drug-likeness (QED) is 0.898. The average Bonchev–Trinajstić information content (AvgIpc) is 2.84. The maximum Gasteiger partial charge on any atom is 0.0951 e. The summed E-state index contributed by atoms with van der Waals surface area (Å²) in [6, 6.07) is 6.68. The summed E-state index contributed by atoms with van der Waals surface area (Å²) in [5.41, 5.74) is 3.47. The van der Waals surface area contributed by atoms with Crippen molar-refractivity contribution >= 4 is 27.3 Å². The Morgan fingerprint density at radius 2 is 2.10 bits per heavy atom. The predicted molar refractivity (Wildman–Crippen MR) is 88.4 cm³/mol. The van der Waals surface area contributed by atoms with Crippen molar-refractivity contribution in [1.29, 1.82) is 0 Å². The molecular weight excluding hydrogens is 316 g/mol. The molecule has 1 aromatic carbocycles. The number of hydrogen-bond donors (Lipinski definition) is 1. The van der Waals surface area contributed by atoms with E-state index in [1.54, 1.807) is 0 Å². The Bertz CT molecular complexity index is 575. The van der Waals surface area contributed by atoms with Crippen molar-refractivity contribution in [3.05, 3.63) is 40.9 Å². The van der Waals surface area contributed by atoms with Gasteiger partial charge in [0.15, 0.2) is 0 Å². The molecule has 0 saturated heterocycles. The van der Waals surface area contributed by atoms with Crippen molar-refractivity contribution in [3.63, 3.8) is 0 Å². The molecule has 20 heavy (non-hydrogen) atoms. The molecule has 0 aliphatic carbocycles. The second kappa shape index (κ2) is 6.31. The molecule has 0 saturated carbocycles. The largest absolute Gasteiger partial charge is 0.378 e. The van der Waals surface area contributed by atoms with Crippen LogP contribution < -0.4 is 10.2 Å². The van der Waals surface area contributed by atoms with Crippen LogP contribution in [0.3, 0.4) is 0 Å². The minimum absolute atomic E-state index is 0.421. The molecule has 4 nitrogen and oxygen atoms in total. The SMILES string of the molecule is CC(C)n1cncc1CNc1cc(Br)ccc1N(C)C. The maximum atomic E-state index is 4.23. The molecule has 0 radical (unpaired) electrons. The molecule has 0 bridgehead atoms. The molecule has 0 aliphatic heterocycles. The van der Waals surface area contributed by atoms with Crippen molar-refractivity contribution in [2.45, 2.75) is 26.4 Å². The first-order chi connectivity index (χ1) is 9.49. The Morgan fingerprint density at radius 3 is 2.75 bits per heavy atom. The fourth-order valence-corrected chi connectivity index (χ4v) is 2.52. The summed E-state index contributed by atoms with van der Waals surface area (Å²) >= 11 is 3.53. The van der Waals surface area contributed by atoms with Crippen molar-refractivity contribution in [2.24, 2.45) is 0 Å². The molecule has 1 N–H and O–H groups in total. The summed E-state index contributed by atoms with van der Waals surface area (Å²) in [5.74, 6) is 0. The van der Waals surface area contributed by atoms with Gasteiger partial charge in [-0.15, -0.1) is 0 Å². The van der Waals surface area contributed by atoms with Gasteiger partial charge in [0.25, 0.3) is 0 Å². The van der Waals surface area contributed by atoms with Crippen molar-refractivity contribution in [1.82, 2.24) is 9.55 Å². The van der Waals surface area contributed by atoms with E-state index in [4.69, 9.17) is 0 Å². The molecule has 0 amide bonds. The van der Waals surface area contributed by atoms with Crippen LogP contribution in [-0.4, -0.2) is 23.6 Å². The highest BCUT2D eigenvalue weighted by atomic mass is 79.9. The fourth-order valence-electron chi connectivity index (χ4n) is 2.16. The van der Waals surface area contributed by atoms with Gasteiger partial charge in [-0.2, -0.15) is 0 Å². The zero-order valence-electron chi connectivity index (χ0n) is 12.4. The number of rotatable bonds is 5. The van der Waals surface area contributed by atoms with Crippen molar-refractivity contribution < 1.29 is 0 Å². The Balaban J connectivity index is 2.18. The summed E-state index contributed by atoms with van der Waals surface area (Å²) in [7, 11) is 4.10. The van der Waals surface area contributed by atoms with Crippen LogP contribution in [-0.2, 0) is 6.54 Å². The van der Waals surface area contributed by atoms with E-state index >= 15 is 0 Å². The lowest BCUT2D eigenvalue weighted by molar-refractivity contribution is 0.577. The average molecular weight is 337 g/mol. The van der Waals surface area contributed by atoms with Gasteiger partial charge in [-0.3, -0.25) is 0 Å². The molecule has 0 atom stereocenters. The number of anilines is 2. The van der Waals surface area contributed by atoms with Crippen LogP contribution in [0.1, 0.15) is 25.6 Å². The number of hydrogen-bond acceptors (Lipinski definition) is 3. The fraction of sp³-hybridized carbons (Fsp3) is 0.400. The zero-order chi connectivity index (χ0) is 14.7. The van der Waals surface area contributed by atoms with E-state index in [9.17, 15) is 0 Å². The maximum absolute atomic E-state index is 4.23. The Labute approximate surface area is 128 Å². The Morgan fingerprint density at radius 1 is 1.35 bits per heavy atom. The molecule has 0 fully saturated rings. The van der Waals surface area contributed by atoms with Gasteiger partial charge < -0.3 is 14.8 Å². The third kappa shape index (κ3) is 3.33. The van der Waals surface area contributed by atoms with Gasteiger partial charge >= 0.3 is 0 Å². The van der Waals surface area contributed by atoms with E-state index in [0.717, 1.165) is 16.7 Å². The smallest absolute Gasteiger partial charge is 0.0951 e. The molecule has 0 aliphatic rings. The van der Waals surface area contributed by atoms with Crippen LogP contribution in [0.15, 0.2) is 35.2 Å². The first kappa shape index (κ1) is 14.9. The van der Waals surface area contributed by atoms with Crippen LogP contribution in [0.5, 0.6) is 0 Å². The highest BCUT2D eigenvalue weighted by Gasteiger charge is 2.08. The summed E-state index contributed by atoms with van der Waals surface area (Å²) < 4.78 is 3.25. The first-order valence-corrected chi connectivity index (χ1v) is 7.49. The number of halogens is 1. The van der Waals surface area contributed by atoms with Crippen molar-refractivity contribution in [2.75, 3.05) is 24.3 Å². The number of nitrogens with one attached hydrogen (secondary N) is 1. The highest BCUT2D eigenvalue weighted by molar-refractivity contribution is 9.10. The van der Waals surface area contributed by atoms with Crippen LogP contribution in [0.2, 0.25) is 0 Å². The summed E-state index contributed by atoms with van der Waals surface area (Å²) in [6.45, 7) is 5.08. The Hall–Kier alpha value is -1.49. The van der Waals surface area contributed by atoms with E-state index in [1.807, 2.05) is 26.6 Å². The molecule has 1 aromatic heterocycles. The van der Waals surface area contributed by atoms with Gasteiger partial charge in [-0.1, -0.05) is 15.9 Å². The van der Waals surface area contributed by atoms with Gasteiger partial charge in [0.2, 0.25) is 0 Å². The molecule has 2 aromatic rings. The van der Waals surface area contributed by atoms with Gasteiger partial charge in [0.1, 0.15) is 0 Å². The second-order valence-electron chi connectivity index (χ2n) is 5.30. The molecule has 1 heterocycles. The van der Waals surface area contributed by atoms with Gasteiger partial charge in [0, 0.05) is 30.8 Å². The number of benzene rings is 1. The first-order valence-electron chi connectivity index (χ1n) is 6.70. The molecule has 5 heteroatoms. The topological polar surface area (TPSA) is 33.1 Å². The molecule has 0 spiro atoms. The van der Waals surface area contributed by atoms with E-state index in [1.165, 1.54) is 11.4 Å². The molecule has 108 valence electrons. The summed E-state index contributed by atoms with van der Waals surface area (Å²) in [6.07, 6.45) is 3.80.